The molecule has 0 bridgehead atoms. The van der Waals surface area contributed by atoms with E-state index in [9.17, 15) is 22.0 Å². The lowest BCUT2D eigenvalue weighted by Crippen LogP contribution is -2.33. The van der Waals surface area contributed by atoms with Gasteiger partial charge in [-0.05, 0) is 11.6 Å². The van der Waals surface area contributed by atoms with E-state index in [0.29, 0.717) is 5.56 Å². The molecule has 6 heteroatoms. The second-order valence-corrected chi connectivity index (χ2v) is 3.40. The molecule has 1 aromatic rings. The van der Waals surface area contributed by atoms with Crippen molar-refractivity contribution in [2.75, 3.05) is 6.54 Å². The van der Waals surface area contributed by atoms with Gasteiger partial charge in [0, 0.05) is 12.0 Å². The van der Waals surface area contributed by atoms with Crippen LogP contribution >= 0.6 is 0 Å². The van der Waals surface area contributed by atoms with Crippen LogP contribution in [0.4, 0.5) is 22.0 Å². The second kappa shape index (κ2) is 4.70. The standard InChI is InChI=1S/C11H8F5N/c1-17-6-5-8-3-2-4-9(7-8)10(12,13)11(14,15)16/h2-4,7H,5-6H2. The van der Waals surface area contributed by atoms with E-state index >= 15 is 0 Å². The summed E-state index contributed by atoms with van der Waals surface area (Å²) in [6.07, 6.45) is -5.45. The van der Waals surface area contributed by atoms with E-state index in [1.807, 2.05) is 0 Å². The fraction of sp³-hybridized carbons (Fsp3) is 0.364. The van der Waals surface area contributed by atoms with E-state index in [1.54, 1.807) is 0 Å². The number of hydrogen-bond donors (Lipinski definition) is 0. The Morgan fingerprint density at radius 1 is 1.12 bits per heavy atom. The summed E-state index contributed by atoms with van der Waals surface area (Å²) in [5.41, 5.74) is -0.796. The maximum absolute atomic E-state index is 13.0. The predicted octanol–water partition coefficient (Wildman–Crippen LogP) is 3.80. The Morgan fingerprint density at radius 2 is 1.76 bits per heavy atom. The van der Waals surface area contributed by atoms with Gasteiger partial charge in [-0.1, -0.05) is 18.2 Å². The Bertz CT molecular complexity index is 430. The SMILES string of the molecule is [C-]#[N+]CCc1cccc(C(F)(F)C(F)(F)F)c1. The number of hydrogen-bond acceptors (Lipinski definition) is 0. The molecule has 0 radical (unpaired) electrons. The fourth-order valence-electron chi connectivity index (χ4n) is 1.27. The van der Waals surface area contributed by atoms with Crippen molar-refractivity contribution in [3.63, 3.8) is 0 Å². The van der Waals surface area contributed by atoms with Gasteiger partial charge < -0.3 is 4.85 Å². The average molecular weight is 249 g/mol. The summed E-state index contributed by atoms with van der Waals surface area (Å²) in [4.78, 5) is 3.01. The molecule has 92 valence electrons. The zero-order valence-electron chi connectivity index (χ0n) is 8.56. The summed E-state index contributed by atoms with van der Waals surface area (Å²) < 4.78 is 62.3. The van der Waals surface area contributed by atoms with Crippen LogP contribution in [0.15, 0.2) is 24.3 Å². The first-order valence-electron chi connectivity index (χ1n) is 4.66. The van der Waals surface area contributed by atoms with Crippen LogP contribution in [-0.2, 0) is 12.3 Å². The first-order chi connectivity index (χ1) is 7.79. The van der Waals surface area contributed by atoms with Gasteiger partial charge in [0.25, 0.3) is 0 Å². The highest BCUT2D eigenvalue weighted by Gasteiger charge is 2.58. The van der Waals surface area contributed by atoms with Crippen molar-refractivity contribution in [3.05, 3.63) is 46.8 Å². The maximum Gasteiger partial charge on any atom is 0.458 e. The molecule has 0 atom stereocenters. The summed E-state index contributed by atoms with van der Waals surface area (Å²) in [7, 11) is 0. The van der Waals surface area contributed by atoms with Crippen molar-refractivity contribution in [2.45, 2.75) is 18.5 Å². The molecule has 17 heavy (non-hydrogen) atoms. The molecule has 0 N–H and O–H groups in total. The fourth-order valence-corrected chi connectivity index (χ4v) is 1.27. The molecule has 1 nitrogen and oxygen atoms in total. The molecule has 1 aromatic carbocycles. The number of nitrogens with zero attached hydrogens (tertiary/aromatic N) is 1. The minimum atomic E-state index is -5.61. The van der Waals surface area contributed by atoms with Crippen molar-refractivity contribution < 1.29 is 22.0 Å². The van der Waals surface area contributed by atoms with Crippen LogP contribution in [0.2, 0.25) is 0 Å². The molecule has 0 aliphatic rings. The zero-order chi connectivity index (χ0) is 13.1. The van der Waals surface area contributed by atoms with Crippen LogP contribution in [0.25, 0.3) is 4.85 Å². The van der Waals surface area contributed by atoms with Crippen LogP contribution in [0.3, 0.4) is 0 Å². The third-order valence-electron chi connectivity index (χ3n) is 2.16. The van der Waals surface area contributed by atoms with Crippen molar-refractivity contribution in [2.24, 2.45) is 0 Å². The Morgan fingerprint density at radius 3 is 2.29 bits per heavy atom. The zero-order valence-corrected chi connectivity index (χ0v) is 8.56. The van der Waals surface area contributed by atoms with Crippen molar-refractivity contribution in [3.8, 4) is 0 Å². The molecular weight excluding hydrogens is 241 g/mol. The molecule has 0 fully saturated rings. The van der Waals surface area contributed by atoms with Crippen molar-refractivity contribution >= 4 is 0 Å². The highest BCUT2D eigenvalue weighted by Crippen LogP contribution is 2.43. The molecule has 0 aliphatic carbocycles. The summed E-state index contributed by atoms with van der Waals surface area (Å²) >= 11 is 0. The topological polar surface area (TPSA) is 4.36 Å². The third-order valence-corrected chi connectivity index (χ3v) is 2.16. The first-order valence-corrected chi connectivity index (χ1v) is 4.66. The summed E-state index contributed by atoms with van der Waals surface area (Å²) in [5.74, 6) is -4.86. The normalized spacial score (nSPS) is 12.2. The minimum Gasteiger partial charge on any atom is -0.317 e. The monoisotopic (exact) mass is 249 g/mol. The lowest BCUT2D eigenvalue weighted by atomic mass is 10.0. The molecule has 0 saturated carbocycles. The quantitative estimate of drug-likeness (QED) is 0.567. The first kappa shape index (κ1) is 13.4. The van der Waals surface area contributed by atoms with Crippen LogP contribution < -0.4 is 0 Å². The van der Waals surface area contributed by atoms with Crippen LogP contribution in [-0.4, -0.2) is 12.7 Å². The van der Waals surface area contributed by atoms with Crippen LogP contribution in [0.1, 0.15) is 11.1 Å². The van der Waals surface area contributed by atoms with E-state index < -0.39 is 17.7 Å². The Kier molecular flexibility index (Phi) is 3.71. The van der Waals surface area contributed by atoms with Gasteiger partial charge in [-0.25, -0.2) is 6.57 Å². The Hall–Kier alpha value is -1.64. The highest BCUT2D eigenvalue weighted by molar-refractivity contribution is 5.28. The van der Waals surface area contributed by atoms with Crippen LogP contribution in [0, 0.1) is 6.57 Å². The third kappa shape index (κ3) is 2.93. The van der Waals surface area contributed by atoms with E-state index in [4.69, 9.17) is 6.57 Å². The molecule has 1 rings (SSSR count). The summed E-state index contributed by atoms with van der Waals surface area (Å²) in [5, 5.41) is 0. The van der Waals surface area contributed by atoms with Gasteiger partial charge in [-0.2, -0.15) is 22.0 Å². The van der Waals surface area contributed by atoms with E-state index in [0.717, 1.165) is 18.2 Å². The highest BCUT2D eigenvalue weighted by atomic mass is 19.4. The maximum atomic E-state index is 13.0. The molecule has 0 amide bonds. The summed E-state index contributed by atoms with van der Waals surface area (Å²) in [6.45, 7) is 6.58. The minimum absolute atomic E-state index is 0.0566. The second-order valence-electron chi connectivity index (χ2n) is 3.40. The summed E-state index contributed by atoms with van der Waals surface area (Å²) in [6, 6.07) is 4.07. The Balaban J connectivity index is 3.04. The molecule has 0 unspecified atom stereocenters. The van der Waals surface area contributed by atoms with Gasteiger partial charge in [-0.15, -0.1) is 0 Å². The predicted molar refractivity (Wildman–Crippen MR) is 51.6 cm³/mol. The number of rotatable bonds is 3. The molecule has 0 aromatic heterocycles. The van der Waals surface area contributed by atoms with E-state index in [1.165, 1.54) is 6.07 Å². The Labute approximate surface area is 94.7 Å². The van der Waals surface area contributed by atoms with Gasteiger partial charge >= 0.3 is 12.1 Å². The molecule has 0 heterocycles. The molecule has 0 aliphatic heterocycles. The van der Waals surface area contributed by atoms with E-state index in [-0.39, 0.29) is 13.0 Å². The van der Waals surface area contributed by atoms with Gasteiger partial charge in [0.15, 0.2) is 0 Å². The lowest BCUT2D eigenvalue weighted by Gasteiger charge is -2.20. The average Bonchev–Trinajstić information content (AvgIpc) is 2.25. The largest absolute Gasteiger partial charge is 0.458 e. The lowest BCUT2D eigenvalue weighted by molar-refractivity contribution is -0.289. The molecular formula is C11H8F5N. The smallest absolute Gasteiger partial charge is 0.317 e. The number of benzene rings is 1. The van der Waals surface area contributed by atoms with E-state index in [2.05, 4.69) is 4.85 Å². The van der Waals surface area contributed by atoms with Gasteiger partial charge in [0.05, 0.1) is 0 Å². The van der Waals surface area contributed by atoms with Gasteiger partial charge in [0.2, 0.25) is 6.54 Å². The van der Waals surface area contributed by atoms with Crippen LogP contribution in [0.5, 0.6) is 0 Å². The van der Waals surface area contributed by atoms with Crippen molar-refractivity contribution in [1.82, 2.24) is 0 Å². The van der Waals surface area contributed by atoms with Gasteiger partial charge in [0.1, 0.15) is 0 Å². The molecule has 0 spiro atoms. The number of halogens is 5. The van der Waals surface area contributed by atoms with Crippen molar-refractivity contribution in [1.29, 1.82) is 0 Å². The van der Waals surface area contributed by atoms with Gasteiger partial charge in [-0.3, -0.25) is 0 Å². The number of alkyl halides is 5. The molecule has 0 saturated heterocycles.